The number of halogens is 1. The van der Waals surface area contributed by atoms with Gasteiger partial charge in [0.05, 0.1) is 13.7 Å². The molecule has 0 heterocycles. The quantitative estimate of drug-likeness (QED) is 0.495. The number of nitrogens with one attached hydrogen (secondary N) is 1. The Balaban J connectivity index is 2.00. The molecule has 174 valence electrons. The van der Waals surface area contributed by atoms with E-state index in [1.807, 2.05) is 13.8 Å². The summed E-state index contributed by atoms with van der Waals surface area (Å²) in [5, 5.41) is 2.90. The maximum absolute atomic E-state index is 14.2. The molecule has 0 aromatic heterocycles. The van der Waals surface area contributed by atoms with Gasteiger partial charge in [-0.05, 0) is 57.0 Å². The number of hydrogen-bond acceptors (Lipinski definition) is 4. The van der Waals surface area contributed by atoms with Gasteiger partial charge in [0.1, 0.15) is 23.4 Å². The number of ether oxygens (including phenoxy) is 2. The van der Waals surface area contributed by atoms with E-state index in [1.54, 1.807) is 56.5 Å². The lowest BCUT2D eigenvalue weighted by molar-refractivity contribution is -0.141. The third-order valence-electron chi connectivity index (χ3n) is 5.33. The Bertz CT molecular complexity index is 873. The van der Waals surface area contributed by atoms with Gasteiger partial charge in [-0.25, -0.2) is 4.39 Å². The van der Waals surface area contributed by atoms with Gasteiger partial charge >= 0.3 is 0 Å². The molecular weight excluding hydrogens is 411 g/mol. The number of rotatable bonds is 12. The molecule has 0 saturated carbocycles. The second-order valence-electron chi connectivity index (χ2n) is 7.73. The molecule has 2 atom stereocenters. The minimum absolute atomic E-state index is 0.00624. The standard InChI is InChI=1S/C25H33FN2O4/c1-5-18(2)27-25(30)19(3)28(17-20-9-6-7-10-23(20)26)24(29)11-8-16-32-22-14-12-21(31-4)13-15-22/h6-7,9-10,12-15,18-19H,5,8,11,16-17H2,1-4H3,(H,27,30). The average Bonchev–Trinajstić information content (AvgIpc) is 2.80. The first-order valence-electron chi connectivity index (χ1n) is 11.0. The van der Waals surface area contributed by atoms with E-state index < -0.39 is 11.9 Å². The van der Waals surface area contributed by atoms with E-state index in [4.69, 9.17) is 9.47 Å². The van der Waals surface area contributed by atoms with Crippen molar-refractivity contribution >= 4 is 11.8 Å². The Hall–Kier alpha value is -3.09. The highest BCUT2D eigenvalue weighted by Gasteiger charge is 2.27. The molecule has 0 saturated heterocycles. The lowest BCUT2D eigenvalue weighted by Gasteiger charge is -2.30. The number of hydrogen-bond donors (Lipinski definition) is 1. The number of carbonyl (C=O) groups excluding carboxylic acids is 2. The van der Waals surface area contributed by atoms with Crippen LogP contribution in [0.3, 0.4) is 0 Å². The van der Waals surface area contributed by atoms with Crippen LogP contribution in [0.15, 0.2) is 48.5 Å². The molecule has 0 fully saturated rings. The van der Waals surface area contributed by atoms with Crippen molar-refractivity contribution in [3.63, 3.8) is 0 Å². The van der Waals surface area contributed by atoms with E-state index in [1.165, 1.54) is 11.0 Å². The number of methoxy groups -OCH3 is 1. The van der Waals surface area contributed by atoms with Gasteiger partial charge in [0.25, 0.3) is 0 Å². The van der Waals surface area contributed by atoms with Crippen molar-refractivity contribution in [3.8, 4) is 11.5 Å². The molecule has 1 N–H and O–H groups in total. The molecule has 0 spiro atoms. The normalized spacial score (nSPS) is 12.5. The number of nitrogens with zero attached hydrogens (tertiary/aromatic N) is 1. The third-order valence-corrected chi connectivity index (χ3v) is 5.33. The van der Waals surface area contributed by atoms with Crippen LogP contribution in [0.25, 0.3) is 0 Å². The van der Waals surface area contributed by atoms with E-state index in [-0.39, 0.29) is 30.8 Å². The molecule has 6 nitrogen and oxygen atoms in total. The van der Waals surface area contributed by atoms with Crippen LogP contribution in [0, 0.1) is 5.82 Å². The average molecular weight is 445 g/mol. The smallest absolute Gasteiger partial charge is 0.242 e. The Morgan fingerprint density at radius 1 is 1.06 bits per heavy atom. The van der Waals surface area contributed by atoms with Gasteiger partial charge in [0.15, 0.2) is 0 Å². The molecule has 0 aliphatic rings. The Labute approximate surface area is 189 Å². The van der Waals surface area contributed by atoms with Gasteiger partial charge in [-0.1, -0.05) is 25.1 Å². The number of amides is 2. The highest BCUT2D eigenvalue weighted by molar-refractivity contribution is 5.87. The van der Waals surface area contributed by atoms with Crippen LogP contribution in [0.1, 0.15) is 45.6 Å². The molecule has 2 aromatic rings. The van der Waals surface area contributed by atoms with Crippen molar-refractivity contribution in [1.29, 1.82) is 0 Å². The van der Waals surface area contributed by atoms with Crippen LogP contribution in [-0.4, -0.2) is 42.5 Å². The van der Waals surface area contributed by atoms with Crippen molar-refractivity contribution in [1.82, 2.24) is 10.2 Å². The first kappa shape index (κ1) is 25.2. The van der Waals surface area contributed by atoms with Crippen molar-refractivity contribution in [3.05, 3.63) is 59.9 Å². The van der Waals surface area contributed by atoms with E-state index in [2.05, 4.69) is 5.32 Å². The van der Waals surface area contributed by atoms with Crippen molar-refractivity contribution in [2.24, 2.45) is 0 Å². The Kier molecular flexibility index (Phi) is 9.98. The number of benzene rings is 2. The highest BCUT2D eigenvalue weighted by atomic mass is 19.1. The molecule has 2 amide bonds. The van der Waals surface area contributed by atoms with Gasteiger partial charge < -0.3 is 19.7 Å². The maximum Gasteiger partial charge on any atom is 0.242 e. The van der Waals surface area contributed by atoms with Crippen LogP contribution < -0.4 is 14.8 Å². The molecule has 0 radical (unpaired) electrons. The second kappa shape index (κ2) is 12.7. The fourth-order valence-corrected chi connectivity index (χ4v) is 3.09. The van der Waals surface area contributed by atoms with E-state index in [0.29, 0.717) is 24.3 Å². The van der Waals surface area contributed by atoms with E-state index >= 15 is 0 Å². The Morgan fingerprint density at radius 3 is 2.34 bits per heavy atom. The third kappa shape index (κ3) is 7.55. The van der Waals surface area contributed by atoms with Gasteiger partial charge in [0, 0.05) is 24.6 Å². The summed E-state index contributed by atoms with van der Waals surface area (Å²) < 4.78 is 25.0. The van der Waals surface area contributed by atoms with Crippen molar-refractivity contribution < 1.29 is 23.5 Å². The minimum Gasteiger partial charge on any atom is -0.497 e. The molecular formula is C25H33FN2O4. The molecule has 2 aromatic carbocycles. The van der Waals surface area contributed by atoms with Crippen LogP contribution in [0.2, 0.25) is 0 Å². The van der Waals surface area contributed by atoms with Gasteiger partial charge in [0.2, 0.25) is 11.8 Å². The summed E-state index contributed by atoms with van der Waals surface area (Å²) in [5.41, 5.74) is 0.374. The number of carbonyl (C=O) groups is 2. The minimum atomic E-state index is -0.724. The van der Waals surface area contributed by atoms with Gasteiger partial charge in [-0.3, -0.25) is 9.59 Å². The van der Waals surface area contributed by atoms with Gasteiger partial charge in [-0.15, -0.1) is 0 Å². The lowest BCUT2D eigenvalue weighted by Crippen LogP contribution is -2.49. The summed E-state index contributed by atoms with van der Waals surface area (Å²) in [4.78, 5) is 27.1. The van der Waals surface area contributed by atoms with Crippen LogP contribution in [0.5, 0.6) is 11.5 Å². The molecule has 0 aliphatic carbocycles. The topological polar surface area (TPSA) is 67.9 Å². The SMILES string of the molecule is CCC(C)NC(=O)C(C)N(Cc1ccccc1F)C(=O)CCCOc1ccc(OC)cc1. The summed E-state index contributed by atoms with van der Waals surface area (Å²) in [6.07, 6.45) is 1.44. The van der Waals surface area contributed by atoms with Crippen LogP contribution >= 0.6 is 0 Å². The zero-order valence-corrected chi connectivity index (χ0v) is 19.3. The summed E-state index contributed by atoms with van der Waals surface area (Å²) in [5.74, 6) is 0.545. The first-order chi connectivity index (χ1) is 15.3. The maximum atomic E-state index is 14.2. The second-order valence-corrected chi connectivity index (χ2v) is 7.73. The molecule has 2 rings (SSSR count). The Morgan fingerprint density at radius 2 is 1.72 bits per heavy atom. The zero-order chi connectivity index (χ0) is 23.5. The summed E-state index contributed by atoms with van der Waals surface area (Å²) >= 11 is 0. The predicted molar refractivity (Wildman–Crippen MR) is 122 cm³/mol. The molecule has 7 heteroatoms. The molecule has 2 unspecified atom stereocenters. The monoisotopic (exact) mass is 444 g/mol. The van der Waals surface area contributed by atoms with Crippen molar-refractivity contribution in [2.45, 2.75) is 58.7 Å². The lowest BCUT2D eigenvalue weighted by atomic mass is 10.1. The summed E-state index contributed by atoms with van der Waals surface area (Å²) in [6, 6.07) is 12.8. The first-order valence-corrected chi connectivity index (χ1v) is 11.0. The van der Waals surface area contributed by atoms with Gasteiger partial charge in [-0.2, -0.15) is 0 Å². The van der Waals surface area contributed by atoms with Crippen LogP contribution in [0.4, 0.5) is 4.39 Å². The van der Waals surface area contributed by atoms with Crippen LogP contribution in [-0.2, 0) is 16.1 Å². The highest BCUT2D eigenvalue weighted by Crippen LogP contribution is 2.18. The zero-order valence-electron chi connectivity index (χ0n) is 19.3. The molecule has 32 heavy (non-hydrogen) atoms. The fourth-order valence-electron chi connectivity index (χ4n) is 3.09. The molecule has 0 bridgehead atoms. The summed E-state index contributed by atoms with van der Waals surface area (Å²) in [7, 11) is 1.60. The predicted octanol–water partition coefficient (Wildman–Crippen LogP) is 4.33. The van der Waals surface area contributed by atoms with Crippen molar-refractivity contribution in [2.75, 3.05) is 13.7 Å². The van der Waals surface area contributed by atoms with E-state index in [9.17, 15) is 14.0 Å². The van der Waals surface area contributed by atoms with E-state index in [0.717, 1.165) is 12.2 Å². The molecule has 0 aliphatic heterocycles. The summed E-state index contributed by atoms with van der Waals surface area (Å²) in [6.45, 7) is 5.92. The largest absolute Gasteiger partial charge is 0.497 e. The fraction of sp³-hybridized carbons (Fsp3) is 0.440.